The lowest BCUT2D eigenvalue weighted by Gasteiger charge is -2.07. The molecule has 2 rings (SSSR count). The third-order valence-corrected chi connectivity index (χ3v) is 2.66. The highest BCUT2D eigenvalue weighted by atomic mass is 16.6. The number of fused-ring (bicyclic) bond motifs is 1. The molecule has 98 valence electrons. The number of carboxylic acids is 1. The molecule has 0 saturated carbocycles. The Balaban J connectivity index is 2.96. The number of aromatic carboxylic acids is 1. The molecule has 2 aromatic rings. The topological polar surface area (TPSA) is 103 Å². The zero-order valence-corrected chi connectivity index (χ0v) is 10.2. The summed E-state index contributed by atoms with van der Waals surface area (Å²) < 4.78 is 4.95. The van der Waals surface area contributed by atoms with Crippen LogP contribution in [-0.4, -0.2) is 28.1 Å². The van der Waals surface area contributed by atoms with Crippen LogP contribution in [0.2, 0.25) is 0 Å². The Labute approximate surface area is 107 Å². The number of carbonyl (C=O) groups is 1. The van der Waals surface area contributed by atoms with E-state index < -0.39 is 10.9 Å². The molecule has 0 aliphatic carbocycles. The largest absolute Gasteiger partial charge is 0.496 e. The quantitative estimate of drug-likeness (QED) is 0.671. The van der Waals surface area contributed by atoms with E-state index in [-0.39, 0.29) is 27.9 Å². The van der Waals surface area contributed by atoms with Crippen LogP contribution in [0.3, 0.4) is 0 Å². The van der Waals surface area contributed by atoms with Crippen LogP contribution in [0.4, 0.5) is 5.69 Å². The minimum Gasteiger partial charge on any atom is -0.496 e. The lowest BCUT2D eigenvalue weighted by Crippen LogP contribution is -2.02. The lowest BCUT2D eigenvalue weighted by molar-refractivity contribution is -0.383. The first kappa shape index (κ1) is 12.7. The van der Waals surface area contributed by atoms with Crippen molar-refractivity contribution in [1.29, 1.82) is 0 Å². The highest BCUT2D eigenvalue weighted by Crippen LogP contribution is 2.32. The van der Waals surface area contributed by atoms with Gasteiger partial charge in [-0.05, 0) is 19.1 Å². The van der Waals surface area contributed by atoms with Crippen LogP contribution in [0.25, 0.3) is 10.9 Å². The number of hydrogen-bond donors (Lipinski definition) is 1. The van der Waals surface area contributed by atoms with E-state index in [9.17, 15) is 14.9 Å². The average molecular weight is 262 g/mol. The predicted molar refractivity (Wildman–Crippen MR) is 66.6 cm³/mol. The van der Waals surface area contributed by atoms with Crippen molar-refractivity contribution in [1.82, 2.24) is 4.98 Å². The van der Waals surface area contributed by atoms with Crippen LogP contribution in [0, 0.1) is 17.0 Å². The van der Waals surface area contributed by atoms with Crippen molar-refractivity contribution in [3.63, 3.8) is 0 Å². The number of carboxylic acid groups (broad SMARTS) is 1. The summed E-state index contributed by atoms with van der Waals surface area (Å²) in [5, 5.41) is 20.4. The number of nitrogens with zero attached hydrogens (tertiary/aromatic N) is 2. The molecule has 1 aromatic heterocycles. The van der Waals surface area contributed by atoms with Crippen LogP contribution in [0.1, 0.15) is 16.1 Å². The van der Waals surface area contributed by atoms with Crippen molar-refractivity contribution in [3.8, 4) is 5.75 Å². The molecule has 0 aliphatic heterocycles. The molecule has 0 radical (unpaired) electrons. The zero-order valence-electron chi connectivity index (χ0n) is 10.2. The molecule has 1 N–H and O–H groups in total. The molecule has 0 atom stereocenters. The Bertz CT molecular complexity index is 696. The number of nitro benzene ring substituents is 1. The van der Waals surface area contributed by atoms with Crippen molar-refractivity contribution in [2.24, 2.45) is 0 Å². The minimum absolute atomic E-state index is 0.0375. The molecule has 1 heterocycles. The summed E-state index contributed by atoms with van der Waals surface area (Å²) in [4.78, 5) is 25.7. The number of non-ortho nitro benzene ring substituents is 1. The van der Waals surface area contributed by atoms with E-state index in [0.29, 0.717) is 5.69 Å². The van der Waals surface area contributed by atoms with Crippen molar-refractivity contribution in [2.45, 2.75) is 6.92 Å². The summed E-state index contributed by atoms with van der Waals surface area (Å²) in [5.74, 6) is -0.953. The predicted octanol–water partition coefficient (Wildman–Crippen LogP) is 2.16. The third kappa shape index (κ3) is 2.17. The van der Waals surface area contributed by atoms with Gasteiger partial charge in [0.05, 0.1) is 23.7 Å². The summed E-state index contributed by atoms with van der Waals surface area (Å²) in [7, 11) is 1.35. The number of aromatic nitrogens is 1. The summed E-state index contributed by atoms with van der Waals surface area (Å²) in [6.07, 6.45) is 0. The fraction of sp³-hybridized carbons (Fsp3) is 0.167. The second-order valence-corrected chi connectivity index (χ2v) is 3.92. The van der Waals surface area contributed by atoms with E-state index in [4.69, 9.17) is 9.84 Å². The molecule has 0 bridgehead atoms. The van der Waals surface area contributed by atoms with E-state index in [0.717, 1.165) is 0 Å². The number of rotatable bonds is 3. The molecular formula is C12H10N2O5. The second kappa shape index (κ2) is 4.52. The van der Waals surface area contributed by atoms with Crippen LogP contribution >= 0.6 is 0 Å². The van der Waals surface area contributed by atoms with Gasteiger partial charge in [-0.25, -0.2) is 9.78 Å². The number of hydrogen-bond acceptors (Lipinski definition) is 5. The number of pyridine rings is 1. The zero-order chi connectivity index (χ0) is 14.2. The van der Waals surface area contributed by atoms with Gasteiger partial charge in [-0.2, -0.15) is 0 Å². The first-order valence-corrected chi connectivity index (χ1v) is 5.31. The Kier molecular flexibility index (Phi) is 3.04. The SMILES string of the molecule is COc1cc([N+](=O)[O-])c2nc(C)cc(C(=O)O)c2c1. The Hall–Kier alpha value is -2.70. The van der Waals surface area contributed by atoms with Crippen molar-refractivity contribution >= 4 is 22.6 Å². The summed E-state index contributed by atoms with van der Waals surface area (Å²) in [5.41, 5.74) is 0.131. The summed E-state index contributed by atoms with van der Waals surface area (Å²) in [6.45, 7) is 1.58. The Morgan fingerprint density at radius 1 is 1.42 bits per heavy atom. The molecule has 7 heteroatoms. The maximum Gasteiger partial charge on any atom is 0.336 e. The van der Waals surface area contributed by atoms with Crippen molar-refractivity contribution < 1.29 is 19.6 Å². The van der Waals surface area contributed by atoms with Crippen LogP contribution in [0.15, 0.2) is 18.2 Å². The number of benzene rings is 1. The van der Waals surface area contributed by atoms with Gasteiger partial charge in [0.25, 0.3) is 5.69 Å². The maximum atomic E-state index is 11.2. The number of ether oxygens (including phenoxy) is 1. The van der Waals surface area contributed by atoms with Gasteiger partial charge in [0.15, 0.2) is 0 Å². The lowest BCUT2D eigenvalue weighted by atomic mass is 10.1. The molecule has 19 heavy (non-hydrogen) atoms. The molecule has 0 unspecified atom stereocenters. The van der Waals surface area contributed by atoms with Gasteiger partial charge < -0.3 is 9.84 Å². The molecule has 0 amide bonds. The maximum absolute atomic E-state index is 11.2. The Morgan fingerprint density at radius 2 is 2.11 bits per heavy atom. The third-order valence-electron chi connectivity index (χ3n) is 2.66. The van der Waals surface area contributed by atoms with Gasteiger partial charge in [-0.1, -0.05) is 0 Å². The number of aryl methyl sites for hydroxylation is 1. The first-order valence-electron chi connectivity index (χ1n) is 5.31. The van der Waals surface area contributed by atoms with Gasteiger partial charge in [0.2, 0.25) is 0 Å². The van der Waals surface area contributed by atoms with Gasteiger partial charge in [-0.3, -0.25) is 10.1 Å². The van der Waals surface area contributed by atoms with Crippen molar-refractivity contribution in [3.05, 3.63) is 39.6 Å². The van der Waals surface area contributed by atoms with E-state index in [1.165, 1.54) is 25.3 Å². The van der Waals surface area contributed by atoms with Crippen LogP contribution in [0.5, 0.6) is 5.75 Å². The minimum atomic E-state index is -1.17. The fourth-order valence-corrected chi connectivity index (χ4v) is 1.85. The highest BCUT2D eigenvalue weighted by Gasteiger charge is 2.20. The molecule has 7 nitrogen and oxygen atoms in total. The molecular weight excluding hydrogens is 252 g/mol. The molecule has 0 spiro atoms. The molecule has 0 aliphatic rings. The smallest absolute Gasteiger partial charge is 0.336 e. The first-order chi connectivity index (χ1) is 8.93. The second-order valence-electron chi connectivity index (χ2n) is 3.92. The standard InChI is InChI=1S/C12H10N2O5/c1-6-3-9(12(15)16)8-4-7(19-2)5-10(14(17)18)11(8)13-6/h3-5H,1-2H3,(H,15,16). The van der Waals surface area contributed by atoms with Gasteiger partial charge in [0, 0.05) is 11.1 Å². The molecule has 1 aromatic carbocycles. The fourth-order valence-electron chi connectivity index (χ4n) is 1.85. The Morgan fingerprint density at radius 3 is 2.63 bits per heavy atom. The monoisotopic (exact) mass is 262 g/mol. The summed E-state index contributed by atoms with van der Waals surface area (Å²) in [6, 6.07) is 4.02. The van der Waals surface area contributed by atoms with Crippen LogP contribution < -0.4 is 4.74 Å². The van der Waals surface area contributed by atoms with Gasteiger partial charge >= 0.3 is 5.97 Å². The molecule has 0 saturated heterocycles. The van der Waals surface area contributed by atoms with Gasteiger partial charge in [-0.15, -0.1) is 0 Å². The normalized spacial score (nSPS) is 10.4. The van der Waals surface area contributed by atoms with E-state index >= 15 is 0 Å². The van der Waals surface area contributed by atoms with E-state index in [2.05, 4.69) is 4.98 Å². The van der Waals surface area contributed by atoms with Gasteiger partial charge in [0.1, 0.15) is 11.3 Å². The highest BCUT2D eigenvalue weighted by molar-refractivity contribution is 6.05. The van der Waals surface area contributed by atoms with Crippen LogP contribution in [-0.2, 0) is 0 Å². The number of nitro groups is 1. The van der Waals surface area contributed by atoms with Crippen molar-refractivity contribution in [2.75, 3.05) is 7.11 Å². The van der Waals surface area contributed by atoms with E-state index in [1.54, 1.807) is 6.92 Å². The average Bonchev–Trinajstić information content (AvgIpc) is 2.36. The number of methoxy groups -OCH3 is 1. The molecule has 0 fully saturated rings. The summed E-state index contributed by atoms with van der Waals surface area (Å²) >= 11 is 0. The van der Waals surface area contributed by atoms with E-state index in [1.807, 2.05) is 0 Å².